The van der Waals surface area contributed by atoms with Crippen LogP contribution >= 0.6 is 0 Å². The van der Waals surface area contributed by atoms with Gasteiger partial charge in [-0.1, -0.05) is 93.6 Å². The highest BCUT2D eigenvalue weighted by Crippen LogP contribution is 2.47. The van der Waals surface area contributed by atoms with Gasteiger partial charge in [0.15, 0.2) is 0 Å². The molecule has 3 nitrogen and oxygen atoms in total. The lowest BCUT2D eigenvalue weighted by atomic mass is 9.77. The first-order chi connectivity index (χ1) is 18.0. The smallest absolute Gasteiger partial charge is 0.141 e. The largest absolute Gasteiger partial charge is 0.456 e. The maximum atomic E-state index is 6.57. The van der Waals surface area contributed by atoms with Crippen LogP contribution in [0.25, 0.3) is 27.6 Å². The molecule has 2 atom stereocenters. The number of fused-ring (bicyclic) bond motifs is 7. The lowest BCUT2D eigenvalue weighted by Crippen LogP contribution is -2.35. The van der Waals surface area contributed by atoms with E-state index in [1.54, 1.807) is 0 Å². The molecule has 3 heteroatoms. The van der Waals surface area contributed by atoms with E-state index in [1.165, 1.54) is 44.3 Å². The Morgan fingerprint density at radius 2 is 1.73 bits per heavy atom. The lowest BCUT2D eigenvalue weighted by molar-refractivity contribution is 0.288. The van der Waals surface area contributed by atoms with E-state index in [0.29, 0.717) is 0 Å². The van der Waals surface area contributed by atoms with Crippen LogP contribution in [0.4, 0.5) is 0 Å². The average molecular weight is 485 g/mol. The second kappa shape index (κ2) is 8.27. The molecular weight excluding hydrogens is 452 g/mol. The summed E-state index contributed by atoms with van der Waals surface area (Å²) in [5.74, 6) is 0.225. The topological polar surface area (TPSA) is 28.4 Å². The van der Waals surface area contributed by atoms with E-state index in [2.05, 4.69) is 128 Å². The molecule has 0 saturated carbocycles. The first kappa shape index (κ1) is 22.2. The second-order valence-corrected chi connectivity index (χ2v) is 11.4. The molecule has 3 aromatic carbocycles. The highest BCUT2D eigenvalue weighted by Gasteiger charge is 2.36. The van der Waals surface area contributed by atoms with E-state index in [9.17, 15) is 0 Å². The van der Waals surface area contributed by atoms with Crippen molar-refractivity contribution >= 4 is 27.6 Å². The summed E-state index contributed by atoms with van der Waals surface area (Å²) in [5, 5.41) is 6.05. The standard InChI is InChI=1S/C34H32N2O/c1-34(2,3)22-17-18-35-29(20-22)24-11-5-4-10-23(24)28-21-36-19-9-8-13-30(36)32-26(28)15-16-27-25-12-6-7-14-31(25)37-33(27)32/h4-17,19-20,28,30,35H,18,21H2,1-3H3/t28-,30?/m1/s1. The minimum atomic E-state index is 0.116. The van der Waals surface area contributed by atoms with E-state index >= 15 is 0 Å². The molecule has 184 valence electrons. The molecule has 0 fully saturated rings. The molecule has 3 aliphatic rings. The Hall–Kier alpha value is -3.98. The van der Waals surface area contributed by atoms with Crippen LogP contribution in [0.3, 0.4) is 0 Å². The third-order valence-electron chi connectivity index (χ3n) is 8.13. The van der Waals surface area contributed by atoms with Crippen LogP contribution in [0.1, 0.15) is 55.0 Å². The van der Waals surface area contributed by atoms with Crippen molar-refractivity contribution < 1.29 is 4.42 Å². The number of furan rings is 1. The SMILES string of the molecule is CC(C)(C)C1=CCNC(c2ccccc2[C@H]2CN3C=CC=CC3c3c2ccc2c3oc3ccccc32)=C1. The van der Waals surface area contributed by atoms with Crippen molar-refractivity contribution in [1.82, 2.24) is 10.2 Å². The van der Waals surface area contributed by atoms with Crippen LogP contribution < -0.4 is 5.32 Å². The van der Waals surface area contributed by atoms with E-state index < -0.39 is 0 Å². The number of benzene rings is 3. The quantitative estimate of drug-likeness (QED) is 0.312. The van der Waals surface area contributed by atoms with Gasteiger partial charge in [-0.3, -0.25) is 0 Å². The van der Waals surface area contributed by atoms with Gasteiger partial charge in [0.05, 0.1) is 6.04 Å². The number of allylic oxidation sites excluding steroid dienone is 4. The Bertz CT molecular complexity index is 1660. The highest BCUT2D eigenvalue weighted by molar-refractivity contribution is 6.06. The molecule has 0 bridgehead atoms. The van der Waals surface area contributed by atoms with E-state index in [0.717, 1.165) is 24.3 Å². The fraction of sp³-hybridized carbons (Fsp3) is 0.235. The maximum absolute atomic E-state index is 6.57. The molecule has 0 radical (unpaired) electrons. The molecule has 37 heavy (non-hydrogen) atoms. The van der Waals surface area contributed by atoms with Crippen LogP contribution in [0.15, 0.2) is 107 Å². The number of hydrogen-bond donors (Lipinski definition) is 1. The third kappa shape index (κ3) is 3.56. The molecule has 0 amide bonds. The van der Waals surface area contributed by atoms with E-state index in [4.69, 9.17) is 4.42 Å². The number of nitrogens with zero attached hydrogens (tertiary/aromatic N) is 1. The van der Waals surface area contributed by atoms with Crippen molar-refractivity contribution in [2.24, 2.45) is 5.41 Å². The van der Waals surface area contributed by atoms with Gasteiger partial charge in [-0.25, -0.2) is 0 Å². The summed E-state index contributed by atoms with van der Waals surface area (Å²) >= 11 is 0. The van der Waals surface area contributed by atoms with E-state index in [-0.39, 0.29) is 17.4 Å². The van der Waals surface area contributed by atoms with Crippen molar-refractivity contribution in [2.45, 2.75) is 32.7 Å². The number of nitrogens with one attached hydrogen (secondary N) is 1. The van der Waals surface area contributed by atoms with Crippen molar-refractivity contribution in [3.8, 4) is 0 Å². The van der Waals surface area contributed by atoms with Crippen molar-refractivity contribution in [3.05, 3.63) is 125 Å². The summed E-state index contributed by atoms with van der Waals surface area (Å²) in [6, 6.07) is 22.1. The third-order valence-corrected chi connectivity index (χ3v) is 8.13. The zero-order valence-electron chi connectivity index (χ0n) is 21.7. The molecule has 1 aromatic heterocycles. The molecule has 0 spiro atoms. The predicted molar refractivity (Wildman–Crippen MR) is 153 cm³/mol. The van der Waals surface area contributed by atoms with Gasteiger partial charge in [-0.15, -0.1) is 0 Å². The summed E-state index contributed by atoms with van der Waals surface area (Å²) in [5.41, 5.74) is 9.98. The Morgan fingerprint density at radius 3 is 2.62 bits per heavy atom. The van der Waals surface area contributed by atoms with Gasteiger partial charge in [-0.05, 0) is 46.5 Å². The molecule has 4 aromatic rings. The van der Waals surface area contributed by atoms with Gasteiger partial charge in [0, 0.05) is 46.6 Å². The van der Waals surface area contributed by atoms with Gasteiger partial charge >= 0.3 is 0 Å². The normalized spacial score (nSPS) is 20.9. The molecule has 4 heterocycles. The number of para-hydroxylation sites is 1. The van der Waals surface area contributed by atoms with Gasteiger partial charge < -0.3 is 14.6 Å². The fourth-order valence-corrected chi connectivity index (χ4v) is 6.26. The first-order valence-corrected chi connectivity index (χ1v) is 13.3. The van der Waals surface area contributed by atoms with Crippen molar-refractivity contribution in [2.75, 3.05) is 13.1 Å². The van der Waals surface area contributed by atoms with E-state index in [1.807, 2.05) is 0 Å². The predicted octanol–water partition coefficient (Wildman–Crippen LogP) is 8.07. The second-order valence-electron chi connectivity index (χ2n) is 11.4. The number of hydrogen-bond acceptors (Lipinski definition) is 3. The minimum absolute atomic E-state index is 0.116. The van der Waals surface area contributed by atoms with Crippen LogP contribution in [0.2, 0.25) is 0 Å². The summed E-state index contributed by atoms with van der Waals surface area (Å²) in [6.45, 7) is 8.65. The van der Waals surface area contributed by atoms with Crippen LogP contribution in [-0.2, 0) is 0 Å². The molecule has 3 aliphatic heterocycles. The summed E-state index contributed by atoms with van der Waals surface area (Å²) < 4.78 is 6.57. The maximum Gasteiger partial charge on any atom is 0.141 e. The Labute approximate surface area is 218 Å². The zero-order chi connectivity index (χ0) is 25.1. The molecule has 1 unspecified atom stereocenters. The molecule has 0 aliphatic carbocycles. The van der Waals surface area contributed by atoms with Gasteiger partial charge in [0.2, 0.25) is 0 Å². The molecular formula is C34H32N2O. The highest BCUT2D eigenvalue weighted by atomic mass is 16.3. The molecule has 1 N–H and O–H groups in total. The Kier molecular flexibility index (Phi) is 4.97. The fourth-order valence-electron chi connectivity index (χ4n) is 6.26. The average Bonchev–Trinajstić information content (AvgIpc) is 3.31. The molecule has 0 saturated heterocycles. The van der Waals surface area contributed by atoms with Gasteiger partial charge in [0.1, 0.15) is 11.2 Å². The van der Waals surface area contributed by atoms with Crippen molar-refractivity contribution in [1.29, 1.82) is 0 Å². The summed E-state index contributed by atoms with van der Waals surface area (Å²) in [7, 11) is 0. The Morgan fingerprint density at radius 1 is 0.892 bits per heavy atom. The summed E-state index contributed by atoms with van der Waals surface area (Å²) in [6.07, 6.45) is 13.5. The van der Waals surface area contributed by atoms with Gasteiger partial charge in [-0.2, -0.15) is 0 Å². The van der Waals surface area contributed by atoms with Crippen molar-refractivity contribution in [3.63, 3.8) is 0 Å². The minimum Gasteiger partial charge on any atom is -0.456 e. The number of dihydropyridines is 1. The van der Waals surface area contributed by atoms with Crippen LogP contribution in [0.5, 0.6) is 0 Å². The monoisotopic (exact) mass is 484 g/mol. The lowest BCUT2D eigenvalue weighted by Gasteiger charge is -2.41. The Balaban J connectivity index is 1.43. The molecule has 7 rings (SSSR count). The van der Waals surface area contributed by atoms with Crippen LogP contribution in [-0.4, -0.2) is 18.0 Å². The number of rotatable bonds is 2. The first-order valence-electron chi connectivity index (χ1n) is 13.3. The van der Waals surface area contributed by atoms with Gasteiger partial charge in [0.25, 0.3) is 0 Å². The zero-order valence-corrected chi connectivity index (χ0v) is 21.7. The summed E-state index contributed by atoms with van der Waals surface area (Å²) in [4.78, 5) is 2.47. The van der Waals surface area contributed by atoms with Crippen LogP contribution in [0, 0.1) is 5.41 Å².